The van der Waals surface area contributed by atoms with Gasteiger partial charge in [0.2, 0.25) is 0 Å². The van der Waals surface area contributed by atoms with Crippen molar-refractivity contribution in [1.82, 2.24) is 0 Å². The van der Waals surface area contributed by atoms with Crippen LogP contribution in [0.4, 0.5) is 11.4 Å². The summed E-state index contributed by atoms with van der Waals surface area (Å²) in [7, 11) is -3.28. The molecule has 0 radical (unpaired) electrons. The highest BCUT2D eigenvalue weighted by Gasteiger charge is 2.31. The lowest BCUT2D eigenvalue weighted by atomic mass is 10.1. The normalized spacial score (nSPS) is 15.6. The second-order valence-corrected chi connectivity index (χ2v) is 8.05. The standard InChI is InChI=1S/C15H24N2O2S/c1-11(2)9-10-17(12-7-8-12)13-5-4-6-14(15(13)16)20(3,18)19/h4-6,11-12H,7-10,16H2,1-3H3. The monoisotopic (exact) mass is 296 g/mol. The van der Waals surface area contributed by atoms with Crippen molar-refractivity contribution in [2.24, 2.45) is 5.92 Å². The van der Waals surface area contributed by atoms with Gasteiger partial charge in [-0.25, -0.2) is 8.42 Å². The van der Waals surface area contributed by atoms with Crippen LogP contribution in [0.15, 0.2) is 23.1 Å². The molecule has 0 atom stereocenters. The molecule has 0 spiro atoms. The van der Waals surface area contributed by atoms with Gasteiger partial charge in [0.1, 0.15) is 0 Å². The molecule has 1 aromatic carbocycles. The Kier molecular flexibility index (Phi) is 4.28. The van der Waals surface area contributed by atoms with Crippen molar-refractivity contribution in [3.63, 3.8) is 0 Å². The second kappa shape index (κ2) is 5.64. The molecule has 0 unspecified atom stereocenters. The summed E-state index contributed by atoms with van der Waals surface area (Å²) in [6, 6.07) is 5.82. The van der Waals surface area contributed by atoms with Gasteiger partial charge in [0, 0.05) is 18.8 Å². The first-order chi connectivity index (χ1) is 9.30. The van der Waals surface area contributed by atoms with Crippen molar-refractivity contribution in [1.29, 1.82) is 0 Å². The van der Waals surface area contributed by atoms with Gasteiger partial charge < -0.3 is 10.6 Å². The quantitative estimate of drug-likeness (QED) is 0.820. The molecule has 112 valence electrons. The first-order valence-electron chi connectivity index (χ1n) is 7.16. The highest BCUT2D eigenvalue weighted by molar-refractivity contribution is 7.90. The molecule has 20 heavy (non-hydrogen) atoms. The average molecular weight is 296 g/mol. The molecule has 1 aliphatic carbocycles. The molecule has 1 aromatic rings. The molecule has 1 fully saturated rings. The Morgan fingerprint density at radius 3 is 2.50 bits per heavy atom. The van der Waals surface area contributed by atoms with Gasteiger partial charge in [-0.1, -0.05) is 19.9 Å². The van der Waals surface area contributed by atoms with Gasteiger partial charge in [0.05, 0.1) is 16.3 Å². The summed E-state index contributed by atoms with van der Waals surface area (Å²) in [4.78, 5) is 2.52. The number of nitrogens with zero attached hydrogens (tertiary/aromatic N) is 1. The van der Waals surface area contributed by atoms with Crippen molar-refractivity contribution in [2.45, 2.75) is 44.0 Å². The third-order valence-corrected chi connectivity index (χ3v) is 4.84. The number of sulfone groups is 1. The molecule has 1 saturated carbocycles. The molecule has 4 nitrogen and oxygen atoms in total. The van der Waals surface area contributed by atoms with Crippen molar-refractivity contribution in [3.05, 3.63) is 18.2 Å². The summed E-state index contributed by atoms with van der Waals surface area (Å²) >= 11 is 0. The summed E-state index contributed by atoms with van der Waals surface area (Å²) in [5, 5.41) is 0. The highest BCUT2D eigenvalue weighted by atomic mass is 32.2. The van der Waals surface area contributed by atoms with E-state index in [0.29, 0.717) is 17.6 Å². The van der Waals surface area contributed by atoms with E-state index in [4.69, 9.17) is 5.73 Å². The molecule has 0 saturated heterocycles. The minimum atomic E-state index is -3.28. The molecule has 5 heteroatoms. The number of hydrogen-bond acceptors (Lipinski definition) is 4. The number of rotatable bonds is 6. The maximum atomic E-state index is 11.8. The van der Waals surface area contributed by atoms with Gasteiger partial charge in [0.25, 0.3) is 0 Å². The Hall–Kier alpha value is -1.23. The van der Waals surface area contributed by atoms with Gasteiger partial charge in [-0.2, -0.15) is 0 Å². The summed E-state index contributed by atoms with van der Waals surface area (Å²) in [6.07, 6.45) is 4.62. The number of nitrogen functional groups attached to an aromatic ring is 1. The van der Waals surface area contributed by atoms with Crippen LogP contribution in [0.1, 0.15) is 33.1 Å². The van der Waals surface area contributed by atoms with Crippen LogP contribution < -0.4 is 10.6 Å². The second-order valence-electron chi connectivity index (χ2n) is 6.07. The number of benzene rings is 1. The smallest absolute Gasteiger partial charge is 0.177 e. The Morgan fingerprint density at radius 1 is 1.35 bits per heavy atom. The minimum Gasteiger partial charge on any atom is -0.396 e. The molecular weight excluding hydrogens is 272 g/mol. The maximum absolute atomic E-state index is 11.8. The number of hydrogen-bond donors (Lipinski definition) is 1. The third-order valence-electron chi connectivity index (χ3n) is 3.69. The first kappa shape index (κ1) is 15.2. The molecule has 1 aliphatic rings. The fourth-order valence-corrected chi connectivity index (χ4v) is 3.22. The van der Waals surface area contributed by atoms with Crippen LogP contribution in [0, 0.1) is 5.92 Å². The van der Waals surface area contributed by atoms with Crippen molar-refractivity contribution in [3.8, 4) is 0 Å². The summed E-state index contributed by atoms with van der Waals surface area (Å²) < 4.78 is 23.6. The average Bonchev–Trinajstić information content (AvgIpc) is 3.13. The third kappa shape index (κ3) is 3.45. The molecule has 0 aliphatic heterocycles. The largest absolute Gasteiger partial charge is 0.396 e. The zero-order chi connectivity index (χ0) is 14.9. The minimum absolute atomic E-state index is 0.241. The van der Waals surface area contributed by atoms with Crippen LogP contribution in [0.5, 0.6) is 0 Å². The van der Waals surface area contributed by atoms with E-state index in [9.17, 15) is 8.42 Å². The number of para-hydroxylation sites is 1. The van der Waals surface area contributed by atoms with Crippen LogP contribution >= 0.6 is 0 Å². The Bertz CT molecular complexity index is 578. The molecule has 0 amide bonds. The predicted octanol–water partition coefficient (Wildman–Crippen LogP) is 2.69. The van der Waals surface area contributed by atoms with Gasteiger partial charge in [-0.15, -0.1) is 0 Å². The summed E-state index contributed by atoms with van der Waals surface area (Å²) in [5.41, 5.74) is 7.39. The predicted molar refractivity (Wildman–Crippen MR) is 83.8 cm³/mol. The fourth-order valence-electron chi connectivity index (χ4n) is 2.39. The molecule has 0 heterocycles. The van der Waals surface area contributed by atoms with Gasteiger partial charge in [0.15, 0.2) is 9.84 Å². The lowest BCUT2D eigenvalue weighted by molar-refractivity contribution is 0.570. The SMILES string of the molecule is CC(C)CCN(c1cccc(S(C)(=O)=O)c1N)C1CC1. The van der Waals surface area contributed by atoms with Crippen molar-refractivity contribution in [2.75, 3.05) is 23.4 Å². The summed E-state index contributed by atoms with van der Waals surface area (Å²) in [6.45, 7) is 5.32. The number of nitrogens with two attached hydrogens (primary N) is 1. The first-order valence-corrected chi connectivity index (χ1v) is 9.05. The van der Waals surface area contributed by atoms with E-state index < -0.39 is 9.84 Å². The molecule has 0 bridgehead atoms. The van der Waals surface area contributed by atoms with Gasteiger partial charge >= 0.3 is 0 Å². The van der Waals surface area contributed by atoms with Gasteiger partial charge in [-0.3, -0.25) is 0 Å². The van der Waals surface area contributed by atoms with Crippen molar-refractivity contribution < 1.29 is 8.42 Å². The van der Waals surface area contributed by atoms with Crippen LogP contribution in [-0.4, -0.2) is 27.3 Å². The van der Waals surface area contributed by atoms with E-state index in [-0.39, 0.29) is 4.90 Å². The van der Waals surface area contributed by atoms with E-state index in [1.807, 2.05) is 6.07 Å². The van der Waals surface area contributed by atoms with E-state index in [0.717, 1.165) is 18.7 Å². The van der Waals surface area contributed by atoms with E-state index in [2.05, 4.69) is 18.7 Å². The highest BCUT2D eigenvalue weighted by Crippen LogP contribution is 2.37. The van der Waals surface area contributed by atoms with Crippen LogP contribution in [0.3, 0.4) is 0 Å². The Morgan fingerprint density at radius 2 is 2.00 bits per heavy atom. The van der Waals surface area contributed by atoms with Crippen LogP contribution in [0.25, 0.3) is 0 Å². The topological polar surface area (TPSA) is 63.4 Å². The molecule has 0 aromatic heterocycles. The van der Waals surface area contributed by atoms with Gasteiger partial charge in [-0.05, 0) is 37.3 Å². The van der Waals surface area contributed by atoms with E-state index in [1.165, 1.54) is 19.1 Å². The Labute approximate surface area is 121 Å². The van der Waals surface area contributed by atoms with Crippen molar-refractivity contribution >= 4 is 21.2 Å². The lowest BCUT2D eigenvalue weighted by Crippen LogP contribution is -2.29. The van der Waals surface area contributed by atoms with Crippen LogP contribution in [-0.2, 0) is 9.84 Å². The van der Waals surface area contributed by atoms with E-state index in [1.54, 1.807) is 12.1 Å². The Balaban J connectivity index is 2.34. The number of anilines is 2. The molecule has 2 N–H and O–H groups in total. The van der Waals surface area contributed by atoms with E-state index >= 15 is 0 Å². The lowest BCUT2D eigenvalue weighted by Gasteiger charge is -2.27. The fraction of sp³-hybridized carbons (Fsp3) is 0.600. The van der Waals surface area contributed by atoms with Crippen LogP contribution in [0.2, 0.25) is 0 Å². The molecule has 2 rings (SSSR count). The summed E-state index contributed by atoms with van der Waals surface area (Å²) in [5.74, 6) is 0.621. The zero-order valence-corrected chi connectivity index (χ0v) is 13.3. The zero-order valence-electron chi connectivity index (χ0n) is 12.5. The molecular formula is C15H24N2O2S. The maximum Gasteiger partial charge on any atom is 0.177 e.